The summed E-state index contributed by atoms with van der Waals surface area (Å²) < 4.78 is 0. The van der Waals surface area contributed by atoms with E-state index >= 15 is 0 Å². The predicted molar refractivity (Wildman–Crippen MR) is 163 cm³/mol. The van der Waals surface area contributed by atoms with E-state index < -0.39 is 0 Å². The van der Waals surface area contributed by atoms with Crippen LogP contribution in [0.5, 0.6) is 0 Å². The molecule has 0 aliphatic carbocycles. The molecule has 6 aromatic carbocycles. The van der Waals surface area contributed by atoms with Crippen LogP contribution in [0.4, 0.5) is 0 Å². The van der Waals surface area contributed by atoms with Crippen molar-refractivity contribution in [1.82, 2.24) is 0 Å². The fourth-order valence-electron chi connectivity index (χ4n) is 5.62. The lowest BCUT2D eigenvalue weighted by atomic mass is 9.81. The SMILES string of the molecule is Cc1cccc(-c2ccccc2-c2ccccc2)c1-c1c(C)cccc1-c1ccccc1-c1ccccc1. The lowest BCUT2D eigenvalue weighted by Crippen LogP contribution is -1.97. The summed E-state index contributed by atoms with van der Waals surface area (Å²) in [5.41, 5.74) is 15.1. The molecule has 0 saturated heterocycles. The molecule has 0 aliphatic heterocycles. The maximum Gasteiger partial charge on any atom is -0.00670 e. The van der Waals surface area contributed by atoms with Crippen LogP contribution in [0.25, 0.3) is 55.6 Å². The first kappa shape index (κ1) is 23.7. The third-order valence-electron chi connectivity index (χ3n) is 7.40. The Morgan fingerprint density at radius 2 is 0.579 bits per heavy atom. The van der Waals surface area contributed by atoms with Crippen LogP contribution >= 0.6 is 0 Å². The summed E-state index contributed by atoms with van der Waals surface area (Å²) in [5.74, 6) is 0. The summed E-state index contributed by atoms with van der Waals surface area (Å²) in [5, 5.41) is 0. The van der Waals surface area contributed by atoms with Crippen molar-refractivity contribution >= 4 is 0 Å². The quantitative estimate of drug-likeness (QED) is 0.227. The van der Waals surface area contributed by atoms with E-state index in [4.69, 9.17) is 0 Å². The van der Waals surface area contributed by atoms with Crippen molar-refractivity contribution < 1.29 is 0 Å². The van der Waals surface area contributed by atoms with E-state index in [9.17, 15) is 0 Å². The molecule has 0 N–H and O–H groups in total. The molecule has 0 bridgehead atoms. The summed E-state index contributed by atoms with van der Waals surface area (Å²) >= 11 is 0. The van der Waals surface area contributed by atoms with Gasteiger partial charge in [0, 0.05) is 0 Å². The smallest absolute Gasteiger partial charge is 0.00670 e. The Morgan fingerprint density at radius 3 is 0.974 bits per heavy atom. The summed E-state index contributed by atoms with van der Waals surface area (Å²) in [6.45, 7) is 4.48. The van der Waals surface area contributed by atoms with Crippen molar-refractivity contribution in [2.75, 3.05) is 0 Å². The van der Waals surface area contributed by atoms with Gasteiger partial charge in [0.15, 0.2) is 0 Å². The highest BCUT2D eigenvalue weighted by Crippen LogP contribution is 2.45. The van der Waals surface area contributed by atoms with E-state index in [1.165, 1.54) is 66.8 Å². The number of hydrogen-bond donors (Lipinski definition) is 0. The molecule has 6 aromatic rings. The van der Waals surface area contributed by atoms with Gasteiger partial charge in [0.05, 0.1) is 0 Å². The topological polar surface area (TPSA) is 0 Å². The number of benzene rings is 6. The van der Waals surface area contributed by atoms with Gasteiger partial charge in [-0.15, -0.1) is 0 Å². The van der Waals surface area contributed by atoms with Gasteiger partial charge in [0.1, 0.15) is 0 Å². The Morgan fingerprint density at radius 1 is 0.263 bits per heavy atom. The van der Waals surface area contributed by atoms with Gasteiger partial charge in [0.25, 0.3) is 0 Å². The van der Waals surface area contributed by atoms with Gasteiger partial charge in [-0.05, 0) is 80.6 Å². The summed E-state index contributed by atoms with van der Waals surface area (Å²) in [7, 11) is 0. The summed E-state index contributed by atoms with van der Waals surface area (Å²) in [6.07, 6.45) is 0. The molecule has 0 heteroatoms. The minimum absolute atomic E-state index is 1.23. The van der Waals surface area contributed by atoms with Crippen LogP contribution in [0, 0.1) is 13.8 Å². The molecular formula is C38H30. The first-order chi connectivity index (χ1) is 18.7. The van der Waals surface area contributed by atoms with E-state index in [0.29, 0.717) is 0 Å². The molecule has 0 nitrogen and oxygen atoms in total. The molecule has 0 saturated carbocycles. The van der Waals surface area contributed by atoms with E-state index in [1.54, 1.807) is 0 Å². The number of hydrogen-bond acceptors (Lipinski definition) is 0. The molecule has 0 amide bonds. The normalized spacial score (nSPS) is 10.9. The highest BCUT2D eigenvalue weighted by atomic mass is 14.2. The van der Waals surface area contributed by atoms with Crippen molar-refractivity contribution in [2.24, 2.45) is 0 Å². The van der Waals surface area contributed by atoms with Crippen molar-refractivity contribution in [3.05, 3.63) is 157 Å². The summed E-state index contributed by atoms with van der Waals surface area (Å²) in [4.78, 5) is 0. The third kappa shape index (κ3) is 4.35. The van der Waals surface area contributed by atoms with E-state index in [2.05, 4.69) is 159 Å². The second kappa shape index (κ2) is 10.4. The Labute approximate surface area is 225 Å². The highest BCUT2D eigenvalue weighted by molar-refractivity contribution is 6.00. The van der Waals surface area contributed by atoms with Crippen LogP contribution in [0.2, 0.25) is 0 Å². The standard InChI is InChI=1S/C38H30/c1-27-15-13-25-35(33-23-11-9-21-31(33)29-17-5-3-6-18-29)37(27)38-28(2)16-14-26-36(38)34-24-12-10-22-32(34)30-19-7-4-8-20-30/h3-26H,1-2H3. The van der Waals surface area contributed by atoms with Gasteiger partial charge in [0.2, 0.25) is 0 Å². The van der Waals surface area contributed by atoms with Gasteiger partial charge in [-0.25, -0.2) is 0 Å². The van der Waals surface area contributed by atoms with Gasteiger partial charge in [-0.2, -0.15) is 0 Å². The third-order valence-corrected chi connectivity index (χ3v) is 7.40. The van der Waals surface area contributed by atoms with Gasteiger partial charge >= 0.3 is 0 Å². The second-order valence-electron chi connectivity index (χ2n) is 9.82. The molecule has 38 heavy (non-hydrogen) atoms. The fourth-order valence-corrected chi connectivity index (χ4v) is 5.62. The molecule has 0 heterocycles. The minimum Gasteiger partial charge on any atom is -0.0622 e. The number of aryl methyl sites for hydroxylation is 2. The zero-order valence-electron chi connectivity index (χ0n) is 21.9. The molecule has 0 unspecified atom stereocenters. The first-order valence-corrected chi connectivity index (χ1v) is 13.2. The maximum absolute atomic E-state index is 2.28. The Balaban J connectivity index is 1.63. The zero-order chi connectivity index (χ0) is 25.9. The van der Waals surface area contributed by atoms with E-state index in [0.717, 1.165) is 0 Å². The van der Waals surface area contributed by atoms with E-state index in [1.807, 2.05) is 0 Å². The Kier molecular flexibility index (Phi) is 6.46. The molecule has 0 radical (unpaired) electrons. The maximum atomic E-state index is 2.28. The van der Waals surface area contributed by atoms with Crippen LogP contribution < -0.4 is 0 Å². The van der Waals surface area contributed by atoms with Gasteiger partial charge < -0.3 is 0 Å². The monoisotopic (exact) mass is 486 g/mol. The van der Waals surface area contributed by atoms with Crippen molar-refractivity contribution in [3.8, 4) is 55.6 Å². The fraction of sp³-hybridized carbons (Fsp3) is 0.0526. The molecular weight excluding hydrogens is 456 g/mol. The zero-order valence-corrected chi connectivity index (χ0v) is 21.9. The molecule has 0 aliphatic rings. The van der Waals surface area contributed by atoms with Gasteiger partial charge in [-0.1, -0.05) is 146 Å². The summed E-state index contributed by atoms with van der Waals surface area (Å²) in [6, 6.07) is 52.4. The van der Waals surface area contributed by atoms with Crippen LogP contribution in [0.15, 0.2) is 146 Å². The molecule has 0 spiro atoms. The second-order valence-corrected chi connectivity index (χ2v) is 9.82. The molecule has 6 rings (SSSR count). The van der Waals surface area contributed by atoms with Crippen LogP contribution in [-0.4, -0.2) is 0 Å². The molecule has 0 aromatic heterocycles. The largest absolute Gasteiger partial charge is 0.0622 e. The Hall–Kier alpha value is -4.68. The van der Waals surface area contributed by atoms with Crippen LogP contribution in [-0.2, 0) is 0 Å². The number of rotatable bonds is 5. The molecule has 0 fully saturated rings. The average molecular weight is 487 g/mol. The first-order valence-electron chi connectivity index (χ1n) is 13.2. The molecule has 182 valence electrons. The van der Waals surface area contributed by atoms with Crippen molar-refractivity contribution in [3.63, 3.8) is 0 Å². The Bertz CT molecular complexity index is 1580. The average Bonchev–Trinajstić information content (AvgIpc) is 2.98. The van der Waals surface area contributed by atoms with Crippen LogP contribution in [0.3, 0.4) is 0 Å². The van der Waals surface area contributed by atoms with Gasteiger partial charge in [-0.3, -0.25) is 0 Å². The highest BCUT2D eigenvalue weighted by Gasteiger charge is 2.20. The van der Waals surface area contributed by atoms with Crippen molar-refractivity contribution in [2.45, 2.75) is 13.8 Å². The van der Waals surface area contributed by atoms with Crippen molar-refractivity contribution in [1.29, 1.82) is 0 Å². The van der Waals surface area contributed by atoms with E-state index in [-0.39, 0.29) is 0 Å². The lowest BCUT2D eigenvalue weighted by Gasteiger charge is -2.22. The predicted octanol–water partition coefficient (Wildman–Crippen LogP) is 10.6. The molecule has 0 atom stereocenters. The van der Waals surface area contributed by atoms with Crippen LogP contribution in [0.1, 0.15) is 11.1 Å². The lowest BCUT2D eigenvalue weighted by molar-refractivity contribution is 1.40. The minimum atomic E-state index is 1.23.